The molecule has 0 amide bonds. The molecule has 6 nitrogen and oxygen atoms in total. The van der Waals surface area contributed by atoms with Crippen molar-refractivity contribution in [3.63, 3.8) is 0 Å². The molecule has 2 aromatic heterocycles. The topological polar surface area (TPSA) is 50.1 Å². The lowest BCUT2D eigenvalue weighted by Gasteiger charge is -2.31. The number of hydrogen-bond acceptors (Lipinski definition) is 5. The maximum absolute atomic E-state index is 4.62. The van der Waals surface area contributed by atoms with Crippen molar-refractivity contribution in [1.29, 1.82) is 0 Å². The summed E-state index contributed by atoms with van der Waals surface area (Å²) in [5.74, 6) is 2.91. The van der Waals surface area contributed by atoms with Crippen LogP contribution in [0, 0.1) is 0 Å². The second kappa shape index (κ2) is 8.27. The SMILES string of the molecule is CCn1c(CN2CCCC2)nnc1C1CCN(Cc2ccncc2)CC1. The molecule has 4 heterocycles. The Balaban J connectivity index is 1.37. The van der Waals surface area contributed by atoms with E-state index in [1.165, 1.54) is 50.2 Å². The second-order valence-corrected chi connectivity index (χ2v) is 7.61. The summed E-state index contributed by atoms with van der Waals surface area (Å²) in [6, 6.07) is 4.23. The van der Waals surface area contributed by atoms with E-state index in [0.29, 0.717) is 5.92 Å². The molecule has 26 heavy (non-hydrogen) atoms. The van der Waals surface area contributed by atoms with Crippen LogP contribution in [-0.2, 0) is 19.6 Å². The van der Waals surface area contributed by atoms with E-state index >= 15 is 0 Å². The van der Waals surface area contributed by atoms with E-state index in [1.807, 2.05) is 12.4 Å². The molecule has 0 bridgehead atoms. The quantitative estimate of drug-likeness (QED) is 0.798. The average molecular weight is 355 g/mol. The molecule has 0 unspecified atom stereocenters. The zero-order valence-corrected chi connectivity index (χ0v) is 15.8. The van der Waals surface area contributed by atoms with Crippen molar-refractivity contribution in [1.82, 2.24) is 29.5 Å². The predicted molar refractivity (Wildman–Crippen MR) is 102 cm³/mol. The smallest absolute Gasteiger partial charge is 0.147 e. The number of hydrogen-bond donors (Lipinski definition) is 0. The third-order valence-corrected chi connectivity index (χ3v) is 5.84. The first-order chi connectivity index (χ1) is 12.8. The van der Waals surface area contributed by atoms with Crippen molar-refractivity contribution in [3.05, 3.63) is 41.7 Å². The van der Waals surface area contributed by atoms with Crippen LogP contribution in [0.1, 0.15) is 55.7 Å². The van der Waals surface area contributed by atoms with Crippen molar-refractivity contribution in [2.75, 3.05) is 26.2 Å². The Hall–Kier alpha value is -1.79. The summed E-state index contributed by atoms with van der Waals surface area (Å²) in [6.07, 6.45) is 8.76. The standard InChI is InChI=1S/C20H30N6/c1-2-26-19(16-24-11-3-4-12-24)22-23-20(26)18-7-13-25(14-8-18)15-17-5-9-21-10-6-17/h5-6,9-10,18H,2-4,7-8,11-16H2,1H3. The lowest BCUT2D eigenvalue weighted by molar-refractivity contribution is 0.199. The molecule has 4 rings (SSSR count). The summed E-state index contributed by atoms with van der Waals surface area (Å²) in [5, 5.41) is 9.18. The van der Waals surface area contributed by atoms with Crippen LogP contribution in [0.2, 0.25) is 0 Å². The highest BCUT2D eigenvalue weighted by Crippen LogP contribution is 2.28. The minimum absolute atomic E-state index is 0.545. The number of piperidine rings is 1. The number of nitrogens with zero attached hydrogens (tertiary/aromatic N) is 6. The Morgan fingerprint density at radius 1 is 0.923 bits per heavy atom. The van der Waals surface area contributed by atoms with E-state index in [-0.39, 0.29) is 0 Å². The fourth-order valence-corrected chi connectivity index (χ4v) is 4.35. The van der Waals surface area contributed by atoms with E-state index in [1.54, 1.807) is 0 Å². The highest BCUT2D eigenvalue weighted by molar-refractivity contribution is 5.10. The van der Waals surface area contributed by atoms with Crippen LogP contribution in [0.15, 0.2) is 24.5 Å². The minimum atomic E-state index is 0.545. The summed E-state index contributed by atoms with van der Waals surface area (Å²) in [6.45, 7) is 9.86. The molecule has 2 fully saturated rings. The van der Waals surface area contributed by atoms with Crippen molar-refractivity contribution < 1.29 is 0 Å². The number of rotatable bonds is 6. The molecule has 0 radical (unpaired) electrons. The van der Waals surface area contributed by atoms with E-state index in [9.17, 15) is 0 Å². The van der Waals surface area contributed by atoms with E-state index in [2.05, 4.69) is 48.6 Å². The van der Waals surface area contributed by atoms with Crippen LogP contribution in [0.5, 0.6) is 0 Å². The van der Waals surface area contributed by atoms with Gasteiger partial charge in [0.2, 0.25) is 0 Å². The molecule has 2 aliphatic rings. The third kappa shape index (κ3) is 3.96. The van der Waals surface area contributed by atoms with Crippen LogP contribution < -0.4 is 0 Å². The molecule has 2 aromatic rings. The molecule has 6 heteroatoms. The average Bonchev–Trinajstić information content (AvgIpc) is 3.33. The van der Waals surface area contributed by atoms with Gasteiger partial charge in [-0.1, -0.05) is 0 Å². The Bertz CT molecular complexity index is 684. The molecule has 0 spiro atoms. The van der Waals surface area contributed by atoms with Crippen molar-refractivity contribution in [2.45, 2.75) is 58.2 Å². The van der Waals surface area contributed by atoms with Gasteiger partial charge in [0.25, 0.3) is 0 Å². The van der Waals surface area contributed by atoms with Gasteiger partial charge in [0.05, 0.1) is 6.54 Å². The molecule has 140 valence electrons. The molecule has 0 aliphatic carbocycles. The van der Waals surface area contributed by atoms with Crippen LogP contribution in [0.25, 0.3) is 0 Å². The van der Waals surface area contributed by atoms with Crippen LogP contribution in [-0.4, -0.2) is 55.7 Å². The summed E-state index contributed by atoms with van der Waals surface area (Å²) in [5.41, 5.74) is 1.35. The highest BCUT2D eigenvalue weighted by atomic mass is 15.3. The van der Waals surface area contributed by atoms with Gasteiger partial charge in [-0.05, 0) is 76.5 Å². The number of likely N-dealkylation sites (tertiary alicyclic amines) is 2. The summed E-state index contributed by atoms with van der Waals surface area (Å²) < 4.78 is 2.38. The monoisotopic (exact) mass is 354 g/mol. The van der Waals surface area contributed by atoms with Crippen LogP contribution in [0.3, 0.4) is 0 Å². The van der Waals surface area contributed by atoms with Crippen LogP contribution >= 0.6 is 0 Å². The lowest BCUT2D eigenvalue weighted by Crippen LogP contribution is -2.33. The molecule has 0 aromatic carbocycles. The van der Waals surface area contributed by atoms with Gasteiger partial charge in [-0.15, -0.1) is 10.2 Å². The summed E-state index contributed by atoms with van der Waals surface area (Å²) in [4.78, 5) is 9.16. The summed E-state index contributed by atoms with van der Waals surface area (Å²) >= 11 is 0. The molecular formula is C20H30N6. The first-order valence-electron chi connectivity index (χ1n) is 10.1. The number of pyridine rings is 1. The van der Waals surface area contributed by atoms with Crippen LogP contribution in [0.4, 0.5) is 0 Å². The van der Waals surface area contributed by atoms with Gasteiger partial charge in [-0.2, -0.15) is 0 Å². The Morgan fingerprint density at radius 2 is 1.62 bits per heavy atom. The van der Waals surface area contributed by atoms with Gasteiger partial charge in [-0.3, -0.25) is 14.8 Å². The first kappa shape index (κ1) is 17.6. The van der Waals surface area contributed by atoms with Crippen molar-refractivity contribution >= 4 is 0 Å². The highest BCUT2D eigenvalue weighted by Gasteiger charge is 2.26. The Kier molecular flexibility index (Phi) is 5.60. The summed E-state index contributed by atoms with van der Waals surface area (Å²) in [7, 11) is 0. The maximum Gasteiger partial charge on any atom is 0.147 e. The van der Waals surface area contributed by atoms with E-state index in [0.717, 1.165) is 38.5 Å². The zero-order chi connectivity index (χ0) is 17.8. The predicted octanol–water partition coefficient (Wildman–Crippen LogP) is 2.67. The van der Waals surface area contributed by atoms with Gasteiger partial charge in [0.15, 0.2) is 0 Å². The van der Waals surface area contributed by atoms with Crippen molar-refractivity contribution in [2.24, 2.45) is 0 Å². The zero-order valence-electron chi connectivity index (χ0n) is 15.8. The number of aromatic nitrogens is 4. The largest absolute Gasteiger partial charge is 0.314 e. The van der Waals surface area contributed by atoms with Gasteiger partial charge in [-0.25, -0.2) is 0 Å². The molecule has 0 saturated carbocycles. The lowest BCUT2D eigenvalue weighted by atomic mass is 9.95. The van der Waals surface area contributed by atoms with E-state index in [4.69, 9.17) is 0 Å². The van der Waals surface area contributed by atoms with Gasteiger partial charge in [0.1, 0.15) is 11.6 Å². The fraction of sp³-hybridized carbons (Fsp3) is 0.650. The third-order valence-electron chi connectivity index (χ3n) is 5.84. The Morgan fingerprint density at radius 3 is 2.31 bits per heavy atom. The maximum atomic E-state index is 4.62. The molecule has 2 aliphatic heterocycles. The molecule has 2 saturated heterocycles. The fourth-order valence-electron chi connectivity index (χ4n) is 4.35. The second-order valence-electron chi connectivity index (χ2n) is 7.61. The first-order valence-corrected chi connectivity index (χ1v) is 10.1. The molecular weight excluding hydrogens is 324 g/mol. The minimum Gasteiger partial charge on any atom is -0.314 e. The van der Waals surface area contributed by atoms with Crippen molar-refractivity contribution in [3.8, 4) is 0 Å². The van der Waals surface area contributed by atoms with E-state index < -0.39 is 0 Å². The molecule has 0 atom stereocenters. The molecule has 0 N–H and O–H groups in total. The van der Waals surface area contributed by atoms with Gasteiger partial charge >= 0.3 is 0 Å². The normalized spacial score (nSPS) is 20.0. The van der Waals surface area contributed by atoms with Gasteiger partial charge < -0.3 is 4.57 Å². The van der Waals surface area contributed by atoms with Gasteiger partial charge in [0, 0.05) is 31.4 Å². The Labute approximate surface area is 156 Å².